The third-order valence-electron chi connectivity index (χ3n) is 3.55. The van der Waals surface area contributed by atoms with Crippen molar-refractivity contribution in [2.75, 3.05) is 0 Å². The van der Waals surface area contributed by atoms with Gasteiger partial charge in [-0.25, -0.2) is 0 Å². The summed E-state index contributed by atoms with van der Waals surface area (Å²) < 4.78 is 2.50. The third-order valence-corrected chi connectivity index (χ3v) is 4.95. The zero-order valence-corrected chi connectivity index (χ0v) is 16.1. The van der Waals surface area contributed by atoms with Crippen LogP contribution in [0.25, 0.3) is 11.1 Å². The van der Waals surface area contributed by atoms with Crippen LogP contribution in [0.3, 0.4) is 0 Å². The van der Waals surface area contributed by atoms with Gasteiger partial charge in [0.15, 0.2) is 0 Å². The molecule has 2 rings (SSSR count). The van der Waals surface area contributed by atoms with Crippen LogP contribution in [0.5, 0.6) is 0 Å². The van der Waals surface area contributed by atoms with Crippen LogP contribution in [0.2, 0.25) is 0 Å². The van der Waals surface area contributed by atoms with Gasteiger partial charge in [-0.1, -0.05) is 61.8 Å². The summed E-state index contributed by atoms with van der Waals surface area (Å²) in [6.45, 7) is 9.08. The van der Waals surface area contributed by atoms with Crippen LogP contribution in [0, 0.1) is 3.57 Å². The van der Waals surface area contributed by atoms with Crippen LogP contribution in [-0.4, -0.2) is 0 Å². The van der Waals surface area contributed by atoms with Gasteiger partial charge >= 0.3 is 0 Å². The van der Waals surface area contributed by atoms with Gasteiger partial charge < -0.3 is 0 Å². The second kappa shape index (κ2) is 6.61. The molecular formula is C18H20BrI. The molecule has 0 aliphatic carbocycles. The number of halogens is 2. The molecule has 0 unspecified atom stereocenters. The van der Waals surface area contributed by atoms with Crippen LogP contribution in [0.15, 0.2) is 40.9 Å². The lowest BCUT2D eigenvalue weighted by Gasteiger charge is -2.21. The maximum atomic E-state index is 3.67. The van der Waals surface area contributed by atoms with E-state index in [1.165, 1.54) is 30.3 Å². The summed E-state index contributed by atoms with van der Waals surface area (Å²) in [6.07, 6.45) is 0. The summed E-state index contributed by atoms with van der Waals surface area (Å²) in [7, 11) is 0. The first-order valence-corrected chi connectivity index (χ1v) is 8.87. The largest absolute Gasteiger partial charge is 0.0616 e. The molecule has 0 spiro atoms. The van der Waals surface area contributed by atoms with Crippen molar-refractivity contribution in [2.45, 2.75) is 39.5 Å². The second-order valence-electron chi connectivity index (χ2n) is 5.75. The number of hydrogen-bond donors (Lipinski definition) is 0. The molecule has 0 fully saturated rings. The molecule has 0 amide bonds. The van der Waals surface area contributed by atoms with Crippen molar-refractivity contribution in [3.8, 4) is 11.1 Å². The van der Waals surface area contributed by atoms with Crippen molar-refractivity contribution in [3.05, 3.63) is 55.6 Å². The Labute approximate surface area is 144 Å². The molecule has 20 heavy (non-hydrogen) atoms. The summed E-state index contributed by atoms with van der Waals surface area (Å²) >= 11 is 6.11. The van der Waals surface area contributed by atoms with Gasteiger partial charge in [0, 0.05) is 8.04 Å². The van der Waals surface area contributed by atoms with Gasteiger partial charge in [0.25, 0.3) is 0 Å². The van der Waals surface area contributed by atoms with Gasteiger partial charge in [-0.3, -0.25) is 0 Å². The average molecular weight is 443 g/mol. The molecule has 0 nitrogen and oxygen atoms in total. The minimum absolute atomic E-state index is 0.510. The van der Waals surface area contributed by atoms with Crippen LogP contribution in [-0.2, 0) is 0 Å². The first-order chi connectivity index (χ1) is 9.41. The van der Waals surface area contributed by atoms with Crippen molar-refractivity contribution < 1.29 is 0 Å². The molecule has 0 aliphatic heterocycles. The molecule has 2 heteroatoms. The first kappa shape index (κ1) is 16.0. The second-order valence-corrected chi connectivity index (χ2v) is 7.83. The summed E-state index contributed by atoms with van der Waals surface area (Å²) in [5, 5.41) is 0. The minimum Gasteiger partial charge on any atom is -0.0616 e. The van der Waals surface area contributed by atoms with Gasteiger partial charge in [0.2, 0.25) is 0 Å². The molecule has 0 heterocycles. The third kappa shape index (κ3) is 3.28. The topological polar surface area (TPSA) is 0 Å². The molecular weight excluding hydrogens is 423 g/mol. The lowest BCUT2D eigenvalue weighted by molar-refractivity contribution is 0.836. The molecule has 0 aliphatic rings. The Morgan fingerprint density at radius 3 is 1.85 bits per heavy atom. The van der Waals surface area contributed by atoms with Crippen LogP contribution in [0.4, 0.5) is 0 Å². The van der Waals surface area contributed by atoms with Crippen molar-refractivity contribution in [1.82, 2.24) is 0 Å². The van der Waals surface area contributed by atoms with E-state index in [0.29, 0.717) is 11.8 Å². The standard InChI is InChI=1S/C18H20BrI/c1-11(2)15-9-13(19)10-16(12(3)4)18(15)14-7-5-6-8-17(14)20/h5-12H,1-4H3. The quantitative estimate of drug-likeness (QED) is 0.450. The highest BCUT2D eigenvalue weighted by molar-refractivity contribution is 14.1. The Morgan fingerprint density at radius 1 is 0.900 bits per heavy atom. The molecule has 2 aromatic rings. The molecule has 0 radical (unpaired) electrons. The van der Waals surface area contributed by atoms with Gasteiger partial charge in [0.05, 0.1) is 0 Å². The zero-order valence-electron chi connectivity index (χ0n) is 12.4. The molecule has 0 aromatic heterocycles. The predicted octanol–water partition coefficient (Wildman–Crippen LogP) is 6.97. The molecule has 0 N–H and O–H groups in total. The van der Waals surface area contributed by atoms with E-state index in [-0.39, 0.29) is 0 Å². The molecule has 106 valence electrons. The van der Waals surface area contributed by atoms with E-state index in [1.54, 1.807) is 0 Å². The van der Waals surface area contributed by atoms with Crippen molar-refractivity contribution in [3.63, 3.8) is 0 Å². The van der Waals surface area contributed by atoms with E-state index < -0.39 is 0 Å². The van der Waals surface area contributed by atoms with E-state index in [0.717, 1.165) is 0 Å². The Balaban J connectivity index is 2.81. The van der Waals surface area contributed by atoms with Crippen molar-refractivity contribution >= 4 is 38.5 Å². The maximum Gasteiger partial charge on any atom is 0.0208 e. The monoisotopic (exact) mass is 442 g/mol. The molecule has 2 aromatic carbocycles. The van der Waals surface area contributed by atoms with Gasteiger partial charge in [-0.2, -0.15) is 0 Å². The van der Waals surface area contributed by atoms with Crippen molar-refractivity contribution in [1.29, 1.82) is 0 Å². The lowest BCUT2D eigenvalue weighted by Crippen LogP contribution is -2.01. The summed E-state index contributed by atoms with van der Waals surface area (Å²) in [6, 6.07) is 13.2. The SMILES string of the molecule is CC(C)c1cc(Br)cc(C(C)C)c1-c1ccccc1I. The Hall–Kier alpha value is -0.350. The Morgan fingerprint density at radius 2 is 1.40 bits per heavy atom. The highest BCUT2D eigenvalue weighted by Crippen LogP contribution is 2.40. The summed E-state index contributed by atoms with van der Waals surface area (Å²) in [4.78, 5) is 0. The number of hydrogen-bond acceptors (Lipinski definition) is 0. The number of rotatable bonds is 3. The predicted molar refractivity (Wildman–Crippen MR) is 100 cm³/mol. The highest BCUT2D eigenvalue weighted by Gasteiger charge is 2.18. The van der Waals surface area contributed by atoms with Gasteiger partial charge in [0.1, 0.15) is 0 Å². The van der Waals surface area contributed by atoms with E-state index in [1.807, 2.05) is 0 Å². The molecule has 0 atom stereocenters. The summed E-state index contributed by atoms with van der Waals surface area (Å²) in [5.74, 6) is 1.02. The Bertz CT molecular complexity index is 586. The first-order valence-electron chi connectivity index (χ1n) is 7.00. The zero-order chi connectivity index (χ0) is 14.9. The average Bonchev–Trinajstić information content (AvgIpc) is 2.38. The molecule has 0 bridgehead atoms. The summed E-state index contributed by atoms with van der Waals surface area (Å²) in [5.41, 5.74) is 5.62. The maximum absolute atomic E-state index is 3.67. The highest BCUT2D eigenvalue weighted by atomic mass is 127. The fourth-order valence-electron chi connectivity index (χ4n) is 2.54. The van der Waals surface area contributed by atoms with Gasteiger partial charge in [-0.15, -0.1) is 0 Å². The number of benzene rings is 2. The fraction of sp³-hybridized carbons (Fsp3) is 0.333. The van der Waals surface area contributed by atoms with E-state index in [9.17, 15) is 0 Å². The van der Waals surface area contributed by atoms with Crippen LogP contribution < -0.4 is 0 Å². The van der Waals surface area contributed by atoms with Crippen LogP contribution in [0.1, 0.15) is 50.7 Å². The molecule has 0 saturated heterocycles. The normalized spacial score (nSPS) is 11.4. The smallest absolute Gasteiger partial charge is 0.0208 e. The van der Waals surface area contributed by atoms with E-state index in [2.05, 4.69) is 103 Å². The fourth-order valence-corrected chi connectivity index (χ4v) is 3.69. The Kier molecular flexibility index (Phi) is 5.30. The van der Waals surface area contributed by atoms with Gasteiger partial charge in [-0.05, 0) is 74.9 Å². The van der Waals surface area contributed by atoms with Crippen LogP contribution >= 0.6 is 38.5 Å². The lowest BCUT2D eigenvalue weighted by atomic mass is 9.85. The van der Waals surface area contributed by atoms with E-state index in [4.69, 9.17) is 0 Å². The van der Waals surface area contributed by atoms with E-state index >= 15 is 0 Å². The minimum atomic E-state index is 0.510. The van der Waals surface area contributed by atoms with Crippen molar-refractivity contribution in [2.24, 2.45) is 0 Å². The molecule has 0 saturated carbocycles.